The van der Waals surface area contributed by atoms with Crippen LogP contribution in [0.5, 0.6) is 5.75 Å². The fourth-order valence-electron chi connectivity index (χ4n) is 2.12. The van der Waals surface area contributed by atoms with E-state index in [-0.39, 0.29) is 5.75 Å². The van der Waals surface area contributed by atoms with Crippen LogP contribution in [0.1, 0.15) is 24.4 Å². The van der Waals surface area contributed by atoms with Crippen molar-refractivity contribution in [2.24, 2.45) is 5.84 Å². The van der Waals surface area contributed by atoms with Gasteiger partial charge < -0.3 is 9.47 Å². The van der Waals surface area contributed by atoms with Crippen LogP contribution < -0.4 is 16.0 Å². The fourth-order valence-corrected chi connectivity index (χ4v) is 2.12. The molecule has 104 valence electrons. The summed E-state index contributed by atoms with van der Waals surface area (Å²) in [5.74, 6) is 5.66. The summed E-state index contributed by atoms with van der Waals surface area (Å²) in [6.45, 7) is -2.20. The Bertz CT molecular complexity index is 452. The van der Waals surface area contributed by atoms with Crippen molar-refractivity contribution < 1.29 is 18.3 Å². The quantitative estimate of drug-likeness (QED) is 0.637. The van der Waals surface area contributed by atoms with Gasteiger partial charge in [-0.2, -0.15) is 8.78 Å². The van der Waals surface area contributed by atoms with Gasteiger partial charge in [0.1, 0.15) is 5.75 Å². The number of rotatable bonds is 5. The van der Waals surface area contributed by atoms with Crippen molar-refractivity contribution in [2.45, 2.75) is 25.5 Å². The van der Waals surface area contributed by atoms with Gasteiger partial charge in [0.25, 0.3) is 0 Å². The maximum atomic E-state index is 12.4. The van der Waals surface area contributed by atoms with Gasteiger partial charge in [-0.05, 0) is 24.5 Å². The number of nitrogens with one attached hydrogen (secondary N) is 1. The van der Waals surface area contributed by atoms with Crippen LogP contribution in [0.2, 0.25) is 0 Å². The van der Waals surface area contributed by atoms with Crippen molar-refractivity contribution in [2.75, 3.05) is 6.61 Å². The largest absolute Gasteiger partial charge is 0.501 e. The second kappa shape index (κ2) is 6.49. The molecule has 1 atom stereocenters. The van der Waals surface area contributed by atoms with Gasteiger partial charge >= 0.3 is 6.61 Å². The Labute approximate surface area is 110 Å². The maximum absolute atomic E-state index is 12.4. The lowest BCUT2D eigenvalue weighted by atomic mass is 9.95. The predicted octanol–water partition coefficient (Wildman–Crippen LogP) is 2.49. The van der Waals surface area contributed by atoms with Gasteiger partial charge in [0.05, 0.1) is 18.9 Å². The molecule has 2 rings (SSSR count). The van der Waals surface area contributed by atoms with E-state index in [9.17, 15) is 8.78 Å². The first-order chi connectivity index (χ1) is 9.22. The first-order valence-electron chi connectivity index (χ1n) is 6.02. The SMILES string of the molecule is NNC(C1=COCCC1)c1ccccc1OC(F)F. The van der Waals surface area contributed by atoms with Gasteiger partial charge in [-0.3, -0.25) is 5.84 Å². The molecule has 1 aliphatic heterocycles. The minimum atomic E-state index is -2.86. The van der Waals surface area contributed by atoms with E-state index in [1.165, 1.54) is 6.07 Å². The minimum absolute atomic E-state index is 0.118. The van der Waals surface area contributed by atoms with Gasteiger partial charge in [0.2, 0.25) is 0 Å². The average molecular weight is 270 g/mol. The Hall–Kier alpha value is -1.66. The van der Waals surface area contributed by atoms with E-state index in [4.69, 9.17) is 10.6 Å². The van der Waals surface area contributed by atoms with Gasteiger partial charge in [-0.25, -0.2) is 5.43 Å². The van der Waals surface area contributed by atoms with Gasteiger partial charge in [0, 0.05) is 5.56 Å². The lowest BCUT2D eigenvalue weighted by Crippen LogP contribution is -2.30. The molecule has 0 radical (unpaired) electrons. The zero-order valence-corrected chi connectivity index (χ0v) is 10.3. The van der Waals surface area contributed by atoms with Gasteiger partial charge in [-0.15, -0.1) is 0 Å². The molecule has 6 heteroatoms. The molecule has 0 aliphatic carbocycles. The zero-order chi connectivity index (χ0) is 13.7. The summed E-state index contributed by atoms with van der Waals surface area (Å²) in [6.07, 6.45) is 3.31. The Kier molecular flexibility index (Phi) is 4.70. The van der Waals surface area contributed by atoms with Crippen molar-refractivity contribution in [1.29, 1.82) is 0 Å². The highest BCUT2D eigenvalue weighted by Crippen LogP contribution is 2.33. The minimum Gasteiger partial charge on any atom is -0.501 e. The second-order valence-corrected chi connectivity index (χ2v) is 4.18. The molecule has 4 nitrogen and oxygen atoms in total. The number of ether oxygens (including phenoxy) is 2. The Balaban J connectivity index is 2.29. The Morgan fingerprint density at radius 1 is 1.32 bits per heavy atom. The molecule has 0 bridgehead atoms. The number of para-hydroxylation sites is 1. The molecule has 0 amide bonds. The zero-order valence-electron chi connectivity index (χ0n) is 10.3. The van der Waals surface area contributed by atoms with Crippen molar-refractivity contribution in [3.63, 3.8) is 0 Å². The van der Waals surface area contributed by atoms with Crippen LogP contribution in [0.3, 0.4) is 0 Å². The fraction of sp³-hybridized carbons (Fsp3) is 0.385. The summed E-state index contributed by atoms with van der Waals surface area (Å²) in [6, 6.07) is 6.20. The number of alkyl halides is 2. The molecular weight excluding hydrogens is 254 g/mol. The number of hydrazine groups is 1. The number of halogens is 2. The van der Waals surface area contributed by atoms with Crippen LogP contribution in [0.4, 0.5) is 8.78 Å². The third kappa shape index (κ3) is 3.42. The molecule has 1 aromatic rings. The van der Waals surface area contributed by atoms with E-state index in [2.05, 4.69) is 10.2 Å². The summed E-state index contributed by atoms with van der Waals surface area (Å²) in [5, 5.41) is 0. The van der Waals surface area contributed by atoms with E-state index in [1.54, 1.807) is 24.5 Å². The first-order valence-corrected chi connectivity index (χ1v) is 6.02. The standard InChI is InChI=1S/C13H16F2N2O2/c14-13(15)19-11-6-2-1-5-10(11)12(17-16)9-4-3-7-18-8-9/h1-2,5-6,8,12-13,17H,3-4,7,16H2. The molecule has 3 N–H and O–H groups in total. The van der Waals surface area contributed by atoms with E-state index < -0.39 is 12.7 Å². The average Bonchev–Trinajstić information content (AvgIpc) is 2.42. The van der Waals surface area contributed by atoms with Crippen LogP contribution in [0.15, 0.2) is 36.1 Å². The highest BCUT2D eigenvalue weighted by molar-refractivity contribution is 5.40. The van der Waals surface area contributed by atoms with Gasteiger partial charge in [-0.1, -0.05) is 18.2 Å². The third-order valence-electron chi connectivity index (χ3n) is 2.95. The van der Waals surface area contributed by atoms with E-state index in [0.717, 1.165) is 18.4 Å². The molecule has 0 aromatic heterocycles. The normalized spacial score (nSPS) is 16.7. The molecule has 1 unspecified atom stereocenters. The molecule has 0 spiro atoms. The van der Waals surface area contributed by atoms with Crippen LogP contribution in [0.25, 0.3) is 0 Å². The lowest BCUT2D eigenvalue weighted by Gasteiger charge is -2.24. The number of nitrogens with two attached hydrogens (primary N) is 1. The summed E-state index contributed by atoms with van der Waals surface area (Å²) in [7, 11) is 0. The maximum Gasteiger partial charge on any atom is 0.387 e. The van der Waals surface area contributed by atoms with Crippen LogP contribution >= 0.6 is 0 Å². The van der Waals surface area contributed by atoms with Gasteiger partial charge in [0.15, 0.2) is 0 Å². The second-order valence-electron chi connectivity index (χ2n) is 4.18. The molecule has 0 fully saturated rings. The van der Waals surface area contributed by atoms with Crippen molar-refractivity contribution in [1.82, 2.24) is 5.43 Å². The van der Waals surface area contributed by atoms with E-state index >= 15 is 0 Å². The Morgan fingerprint density at radius 2 is 2.11 bits per heavy atom. The Morgan fingerprint density at radius 3 is 2.74 bits per heavy atom. The van der Waals surface area contributed by atoms with E-state index in [1.807, 2.05) is 0 Å². The smallest absolute Gasteiger partial charge is 0.387 e. The molecule has 1 aliphatic rings. The first kappa shape index (κ1) is 13.8. The molecular formula is C13H16F2N2O2. The number of benzene rings is 1. The summed E-state index contributed by atoms with van der Waals surface area (Å²) < 4.78 is 34.6. The predicted molar refractivity (Wildman–Crippen MR) is 66.4 cm³/mol. The van der Waals surface area contributed by atoms with Crippen molar-refractivity contribution in [3.8, 4) is 5.75 Å². The summed E-state index contributed by atoms with van der Waals surface area (Å²) in [5.41, 5.74) is 4.12. The molecule has 0 saturated heterocycles. The summed E-state index contributed by atoms with van der Waals surface area (Å²) >= 11 is 0. The molecule has 19 heavy (non-hydrogen) atoms. The number of hydrogen-bond donors (Lipinski definition) is 2. The van der Waals surface area contributed by atoms with Crippen molar-refractivity contribution in [3.05, 3.63) is 41.7 Å². The molecule has 0 saturated carbocycles. The van der Waals surface area contributed by atoms with E-state index in [0.29, 0.717) is 12.2 Å². The van der Waals surface area contributed by atoms with Crippen LogP contribution in [-0.2, 0) is 4.74 Å². The molecule has 1 heterocycles. The van der Waals surface area contributed by atoms with Crippen LogP contribution in [-0.4, -0.2) is 13.2 Å². The third-order valence-corrected chi connectivity index (χ3v) is 2.95. The summed E-state index contributed by atoms with van der Waals surface area (Å²) in [4.78, 5) is 0. The topological polar surface area (TPSA) is 56.5 Å². The lowest BCUT2D eigenvalue weighted by molar-refractivity contribution is -0.0506. The van der Waals surface area contributed by atoms with Crippen molar-refractivity contribution >= 4 is 0 Å². The van der Waals surface area contributed by atoms with Crippen LogP contribution in [0, 0.1) is 0 Å². The molecule has 1 aromatic carbocycles. The monoisotopic (exact) mass is 270 g/mol. The number of hydrogen-bond acceptors (Lipinski definition) is 4. The highest BCUT2D eigenvalue weighted by atomic mass is 19.3. The highest BCUT2D eigenvalue weighted by Gasteiger charge is 2.22.